The zero-order valence-corrected chi connectivity index (χ0v) is 9.45. The Labute approximate surface area is 91.9 Å². The van der Waals surface area contributed by atoms with Crippen LogP contribution in [0.1, 0.15) is 38.5 Å². The van der Waals surface area contributed by atoms with Gasteiger partial charge in [-0.1, -0.05) is 12.8 Å². The van der Waals surface area contributed by atoms with Crippen LogP contribution in [-0.2, 0) is 4.74 Å². The van der Waals surface area contributed by atoms with Gasteiger partial charge in [0, 0.05) is 31.8 Å². The molecule has 3 fully saturated rings. The third kappa shape index (κ3) is 1.81. The van der Waals surface area contributed by atoms with E-state index in [9.17, 15) is 0 Å². The molecular formula is C12H22N2O. The predicted octanol–water partition coefficient (Wildman–Crippen LogP) is 1.12. The van der Waals surface area contributed by atoms with Gasteiger partial charge < -0.3 is 10.5 Å². The average molecular weight is 210 g/mol. The molecule has 3 aliphatic rings. The summed E-state index contributed by atoms with van der Waals surface area (Å²) in [4.78, 5) is 2.56. The summed E-state index contributed by atoms with van der Waals surface area (Å²) in [6.45, 7) is 3.19. The number of nitrogens with zero attached hydrogens (tertiary/aromatic N) is 1. The maximum absolute atomic E-state index is 6.04. The Morgan fingerprint density at radius 2 is 1.93 bits per heavy atom. The molecule has 0 radical (unpaired) electrons. The minimum Gasteiger partial charge on any atom is -0.375 e. The van der Waals surface area contributed by atoms with Gasteiger partial charge >= 0.3 is 0 Å². The molecule has 15 heavy (non-hydrogen) atoms. The molecule has 2 saturated heterocycles. The van der Waals surface area contributed by atoms with E-state index in [1.54, 1.807) is 0 Å². The van der Waals surface area contributed by atoms with Crippen molar-refractivity contribution in [2.24, 2.45) is 5.73 Å². The second-order valence-corrected chi connectivity index (χ2v) is 5.60. The van der Waals surface area contributed by atoms with Crippen molar-refractivity contribution in [1.29, 1.82) is 0 Å². The highest BCUT2D eigenvalue weighted by Crippen LogP contribution is 2.41. The van der Waals surface area contributed by atoms with Crippen LogP contribution in [-0.4, -0.2) is 42.3 Å². The standard InChI is InChI=1S/C12H22N2O/c13-10-8-14(9-10)11-3-6-15-12(7-11)4-1-2-5-12/h10-11H,1-9,13H2. The van der Waals surface area contributed by atoms with E-state index < -0.39 is 0 Å². The third-order valence-corrected chi connectivity index (χ3v) is 4.44. The van der Waals surface area contributed by atoms with Gasteiger partial charge in [0.1, 0.15) is 0 Å². The molecule has 2 aliphatic heterocycles. The molecule has 0 amide bonds. The van der Waals surface area contributed by atoms with Crippen LogP contribution >= 0.6 is 0 Å². The molecule has 0 aromatic heterocycles. The number of hydrogen-bond acceptors (Lipinski definition) is 3. The molecule has 0 aromatic rings. The largest absolute Gasteiger partial charge is 0.375 e. The quantitative estimate of drug-likeness (QED) is 0.705. The van der Waals surface area contributed by atoms with Gasteiger partial charge in [-0.05, 0) is 25.7 Å². The van der Waals surface area contributed by atoms with Crippen molar-refractivity contribution < 1.29 is 4.74 Å². The fourth-order valence-electron chi connectivity index (χ4n) is 3.53. The third-order valence-electron chi connectivity index (χ3n) is 4.44. The van der Waals surface area contributed by atoms with Gasteiger partial charge in [0.15, 0.2) is 0 Å². The molecule has 2 heterocycles. The summed E-state index contributed by atoms with van der Waals surface area (Å²) >= 11 is 0. The number of nitrogens with two attached hydrogens (primary N) is 1. The van der Waals surface area contributed by atoms with Crippen LogP contribution in [0.25, 0.3) is 0 Å². The highest BCUT2D eigenvalue weighted by atomic mass is 16.5. The van der Waals surface area contributed by atoms with E-state index in [2.05, 4.69) is 4.90 Å². The Morgan fingerprint density at radius 3 is 2.60 bits per heavy atom. The van der Waals surface area contributed by atoms with Gasteiger partial charge in [0.05, 0.1) is 5.60 Å². The summed E-state index contributed by atoms with van der Waals surface area (Å²) in [6, 6.07) is 1.20. The van der Waals surface area contributed by atoms with E-state index in [1.807, 2.05) is 0 Å². The summed E-state index contributed by atoms with van der Waals surface area (Å²) in [5.41, 5.74) is 6.11. The fourth-order valence-corrected chi connectivity index (χ4v) is 3.53. The van der Waals surface area contributed by atoms with Crippen LogP contribution in [0, 0.1) is 0 Å². The normalized spacial score (nSPS) is 37.0. The Balaban J connectivity index is 1.61. The smallest absolute Gasteiger partial charge is 0.0697 e. The van der Waals surface area contributed by atoms with Gasteiger partial charge in [-0.3, -0.25) is 4.90 Å². The molecule has 3 heteroatoms. The highest BCUT2D eigenvalue weighted by Gasteiger charge is 2.43. The maximum Gasteiger partial charge on any atom is 0.0697 e. The van der Waals surface area contributed by atoms with E-state index in [4.69, 9.17) is 10.5 Å². The van der Waals surface area contributed by atoms with Crippen LogP contribution in [0.3, 0.4) is 0 Å². The SMILES string of the molecule is NC1CN(C2CCOC3(CCCC3)C2)C1. The Hall–Kier alpha value is -0.120. The van der Waals surface area contributed by atoms with Gasteiger partial charge in [-0.25, -0.2) is 0 Å². The average Bonchev–Trinajstić information content (AvgIpc) is 2.62. The van der Waals surface area contributed by atoms with Crippen LogP contribution < -0.4 is 5.73 Å². The minimum absolute atomic E-state index is 0.266. The first kappa shape index (κ1) is 10.1. The molecule has 3 nitrogen and oxygen atoms in total. The maximum atomic E-state index is 6.04. The van der Waals surface area contributed by atoms with Crippen molar-refractivity contribution in [2.75, 3.05) is 19.7 Å². The lowest BCUT2D eigenvalue weighted by Crippen LogP contribution is -2.61. The van der Waals surface area contributed by atoms with Gasteiger partial charge in [0.2, 0.25) is 0 Å². The number of ether oxygens (including phenoxy) is 1. The van der Waals surface area contributed by atoms with Gasteiger partial charge in [-0.15, -0.1) is 0 Å². The molecule has 1 saturated carbocycles. The highest BCUT2D eigenvalue weighted by molar-refractivity contribution is 4.97. The summed E-state index contributed by atoms with van der Waals surface area (Å²) in [7, 11) is 0. The molecular weight excluding hydrogens is 188 g/mol. The van der Waals surface area contributed by atoms with E-state index >= 15 is 0 Å². The molecule has 86 valence electrons. The fraction of sp³-hybridized carbons (Fsp3) is 1.00. The second-order valence-electron chi connectivity index (χ2n) is 5.60. The molecule has 0 aromatic carbocycles. The molecule has 1 unspecified atom stereocenters. The zero-order valence-electron chi connectivity index (χ0n) is 9.45. The van der Waals surface area contributed by atoms with Crippen molar-refractivity contribution in [3.8, 4) is 0 Å². The zero-order chi connectivity index (χ0) is 10.3. The van der Waals surface area contributed by atoms with Gasteiger partial charge in [0.25, 0.3) is 0 Å². The topological polar surface area (TPSA) is 38.5 Å². The second kappa shape index (κ2) is 3.72. The summed E-state index contributed by atoms with van der Waals surface area (Å²) in [5.74, 6) is 0. The molecule has 1 atom stereocenters. The lowest BCUT2D eigenvalue weighted by atomic mass is 9.86. The van der Waals surface area contributed by atoms with E-state index in [-0.39, 0.29) is 5.60 Å². The summed E-state index contributed by atoms with van der Waals surface area (Å²) in [5, 5.41) is 0. The summed E-state index contributed by atoms with van der Waals surface area (Å²) < 4.78 is 6.04. The minimum atomic E-state index is 0.266. The first-order valence-corrected chi connectivity index (χ1v) is 6.41. The van der Waals surface area contributed by atoms with Crippen LogP contribution in [0.15, 0.2) is 0 Å². The molecule has 3 rings (SSSR count). The molecule has 0 bridgehead atoms. The van der Waals surface area contributed by atoms with E-state index in [0.717, 1.165) is 25.7 Å². The number of hydrogen-bond donors (Lipinski definition) is 1. The van der Waals surface area contributed by atoms with Crippen LogP contribution in [0.4, 0.5) is 0 Å². The number of likely N-dealkylation sites (tertiary alicyclic amines) is 1. The lowest BCUT2D eigenvalue weighted by Gasteiger charge is -2.48. The van der Waals surface area contributed by atoms with Crippen molar-refractivity contribution in [3.63, 3.8) is 0 Å². The molecule has 2 N–H and O–H groups in total. The van der Waals surface area contributed by atoms with Gasteiger partial charge in [-0.2, -0.15) is 0 Å². The Bertz CT molecular complexity index is 232. The number of rotatable bonds is 1. The lowest BCUT2D eigenvalue weighted by molar-refractivity contribution is -0.111. The monoisotopic (exact) mass is 210 g/mol. The van der Waals surface area contributed by atoms with Crippen molar-refractivity contribution in [3.05, 3.63) is 0 Å². The van der Waals surface area contributed by atoms with E-state index in [1.165, 1.54) is 38.5 Å². The van der Waals surface area contributed by atoms with E-state index in [0.29, 0.717) is 6.04 Å². The Kier molecular flexibility index (Phi) is 2.49. The van der Waals surface area contributed by atoms with Crippen molar-refractivity contribution in [2.45, 2.75) is 56.2 Å². The van der Waals surface area contributed by atoms with Crippen molar-refractivity contribution >= 4 is 0 Å². The Morgan fingerprint density at radius 1 is 1.20 bits per heavy atom. The first-order valence-electron chi connectivity index (χ1n) is 6.41. The molecule has 1 spiro atoms. The molecule has 1 aliphatic carbocycles. The van der Waals surface area contributed by atoms with Crippen molar-refractivity contribution in [1.82, 2.24) is 4.90 Å². The summed E-state index contributed by atoms with van der Waals surface area (Å²) in [6.07, 6.45) is 7.81. The first-order chi connectivity index (χ1) is 7.27. The van der Waals surface area contributed by atoms with Crippen LogP contribution in [0.5, 0.6) is 0 Å². The van der Waals surface area contributed by atoms with Crippen LogP contribution in [0.2, 0.25) is 0 Å². The predicted molar refractivity (Wildman–Crippen MR) is 59.7 cm³/mol.